The number of carbonyl (C=O) groups is 1. The van der Waals surface area contributed by atoms with Crippen LogP contribution in [-0.2, 0) is 4.74 Å². The van der Waals surface area contributed by atoms with E-state index in [0.717, 1.165) is 5.69 Å². The van der Waals surface area contributed by atoms with Crippen LogP contribution in [0, 0.1) is 6.92 Å². The fourth-order valence-corrected chi connectivity index (χ4v) is 1.76. The number of urea groups is 1. The van der Waals surface area contributed by atoms with Crippen molar-refractivity contribution in [2.45, 2.75) is 19.9 Å². The first-order valence-electron chi connectivity index (χ1n) is 5.79. The summed E-state index contributed by atoms with van der Waals surface area (Å²) in [5.41, 5.74) is 0.887. The molecular weight excluding hydrogens is 218 g/mol. The molecule has 0 aliphatic carbocycles. The first kappa shape index (κ1) is 11.9. The molecule has 5 heteroatoms. The molecule has 0 radical (unpaired) electrons. The SMILES string of the molecule is CCN(C(=O)Nc1cccc(C)n1)C1COC1. The van der Waals surface area contributed by atoms with Crippen LogP contribution < -0.4 is 5.32 Å². The molecule has 0 spiro atoms. The maximum Gasteiger partial charge on any atom is 0.323 e. The van der Waals surface area contributed by atoms with Gasteiger partial charge in [0.2, 0.25) is 0 Å². The lowest BCUT2D eigenvalue weighted by molar-refractivity contribution is -0.0459. The van der Waals surface area contributed by atoms with Gasteiger partial charge < -0.3 is 9.64 Å². The summed E-state index contributed by atoms with van der Waals surface area (Å²) in [6.45, 7) is 5.78. The van der Waals surface area contributed by atoms with Crippen LogP contribution >= 0.6 is 0 Å². The Kier molecular flexibility index (Phi) is 3.58. The van der Waals surface area contributed by atoms with Gasteiger partial charge in [0, 0.05) is 12.2 Å². The number of pyridine rings is 1. The summed E-state index contributed by atoms with van der Waals surface area (Å²) in [5.74, 6) is 0.591. The van der Waals surface area contributed by atoms with Crippen LogP contribution in [0.5, 0.6) is 0 Å². The van der Waals surface area contributed by atoms with E-state index in [1.807, 2.05) is 26.0 Å². The maximum atomic E-state index is 12.0. The molecule has 1 aliphatic heterocycles. The van der Waals surface area contributed by atoms with Crippen LogP contribution in [0.4, 0.5) is 10.6 Å². The van der Waals surface area contributed by atoms with E-state index in [9.17, 15) is 4.79 Å². The third-order valence-electron chi connectivity index (χ3n) is 2.79. The molecular formula is C12H17N3O2. The number of hydrogen-bond donors (Lipinski definition) is 1. The average Bonchev–Trinajstić information content (AvgIpc) is 2.22. The molecule has 1 aromatic heterocycles. The molecule has 1 aromatic rings. The molecule has 2 amide bonds. The number of carbonyl (C=O) groups excluding carboxylic acids is 1. The minimum Gasteiger partial charge on any atom is -0.377 e. The lowest BCUT2D eigenvalue weighted by atomic mass is 10.2. The number of nitrogens with one attached hydrogen (secondary N) is 1. The second-order valence-corrected chi connectivity index (χ2v) is 4.07. The number of aryl methyl sites for hydroxylation is 1. The largest absolute Gasteiger partial charge is 0.377 e. The lowest BCUT2D eigenvalue weighted by Crippen LogP contribution is -2.52. The number of likely N-dealkylation sites (N-methyl/N-ethyl adjacent to an activating group) is 1. The van der Waals surface area contributed by atoms with Crippen LogP contribution in [0.3, 0.4) is 0 Å². The zero-order valence-electron chi connectivity index (χ0n) is 10.1. The van der Waals surface area contributed by atoms with Crippen molar-refractivity contribution in [3.8, 4) is 0 Å². The monoisotopic (exact) mass is 235 g/mol. The Labute approximate surface area is 101 Å². The van der Waals surface area contributed by atoms with E-state index in [-0.39, 0.29) is 12.1 Å². The molecule has 1 aliphatic rings. The molecule has 1 N–H and O–H groups in total. The van der Waals surface area contributed by atoms with Crippen LogP contribution in [0.15, 0.2) is 18.2 Å². The van der Waals surface area contributed by atoms with E-state index in [1.165, 1.54) is 0 Å². The quantitative estimate of drug-likeness (QED) is 0.866. The highest BCUT2D eigenvalue weighted by Crippen LogP contribution is 2.12. The van der Waals surface area contributed by atoms with Crippen molar-refractivity contribution in [1.29, 1.82) is 0 Å². The first-order chi connectivity index (χ1) is 8.20. The molecule has 0 aromatic carbocycles. The zero-order chi connectivity index (χ0) is 12.3. The second kappa shape index (κ2) is 5.14. The number of ether oxygens (including phenoxy) is 1. The van der Waals surface area contributed by atoms with Crippen LogP contribution in [-0.4, -0.2) is 41.7 Å². The number of nitrogens with zero attached hydrogens (tertiary/aromatic N) is 2. The summed E-state index contributed by atoms with van der Waals surface area (Å²) in [5, 5.41) is 2.80. The van der Waals surface area contributed by atoms with Gasteiger partial charge in [-0.25, -0.2) is 9.78 Å². The number of rotatable bonds is 3. The van der Waals surface area contributed by atoms with E-state index in [0.29, 0.717) is 25.6 Å². The normalized spacial score (nSPS) is 15.2. The fraction of sp³-hybridized carbons (Fsp3) is 0.500. The minimum atomic E-state index is -0.112. The minimum absolute atomic E-state index is 0.112. The molecule has 5 nitrogen and oxygen atoms in total. The molecule has 17 heavy (non-hydrogen) atoms. The predicted octanol–water partition coefficient (Wildman–Crippen LogP) is 1.64. The summed E-state index contributed by atoms with van der Waals surface area (Å²) in [6, 6.07) is 5.65. The van der Waals surface area contributed by atoms with E-state index in [4.69, 9.17) is 4.74 Å². The van der Waals surface area contributed by atoms with Gasteiger partial charge in [-0.15, -0.1) is 0 Å². The summed E-state index contributed by atoms with van der Waals surface area (Å²) < 4.78 is 5.10. The highest BCUT2D eigenvalue weighted by molar-refractivity contribution is 5.88. The van der Waals surface area contributed by atoms with Crippen molar-refractivity contribution >= 4 is 11.8 Å². The van der Waals surface area contributed by atoms with Gasteiger partial charge in [0.05, 0.1) is 19.3 Å². The highest BCUT2D eigenvalue weighted by Gasteiger charge is 2.28. The molecule has 0 saturated carbocycles. The van der Waals surface area contributed by atoms with E-state index >= 15 is 0 Å². The summed E-state index contributed by atoms with van der Waals surface area (Å²) in [7, 11) is 0. The first-order valence-corrected chi connectivity index (χ1v) is 5.79. The van der Waals surface area contributed by atoms with E-state index < -0.39 is 0 Å². The van der Waals surface area contributed by atoms with Crippen LogP contribution in [0.1, 0.15) is 12.6 Å². The average molecular weight is 235 g/mol. The van der Waals surface area contributed by atoms with Gasteiger partial charge in [0.25, 0.3) is 0 Å². The van der Waals surface area contributed by atoms with Crippen molar-refractivity contribution in [3.63, 3.8) is 0 Å². The van der Waals surface area contributed by atoms with Gasteiger partial charge >= 0.3 is 6.03 Å². The van der Waals surface area contributed by atoms with Gasteiger partial charge in [-0.1, -0.05) is 6.07 Å². The van der Waals surface area contributed by atoms with Gasteiger partial charge in [-0.2, -0.15) is 0 Å². The summed E-state index contributed by atoms with van der Waals surface area (Å²) in [6.07, 6.45) is 0. The Hall–Kier alpha value is -1.62. The predicted molar refractivity (Wildman–Crippen MR) is 65.0 cm³/mol. The third-order valence-corrected chi connectivity index (χ3v) is 2.79. The van der Waals surface area contributed by atoms with E-state index in [2.05, 4.69) is 10.3 Å². The molecule has 92 valence electrons. The Bertz CT molecular complexity index is 404. The zero-order valence-corrected chi connectivity index (χ0v) is 10.1. The molecule has 2 heterocycles. The number of hydrogen-bond acceptors (Lipinski definition) is 3. The Morgan fingerprint density at radius 1 is 1.59 bits per heavy atom. The van der Waals surface area contributed by atoms with Gasteiger partial charge in [-0.3, -0.25) is 5.32 Å². The molecule has 1 fully saturated rings. The Morgan fingerprint density at radius 2 is 2.35 bits per heavy atom. The molecule has 1 saturated heterocycles. The van der Waals surface area contributed by atoms with Gasteiger partial charge in [0.1, 0.15) is 5.82 Å². The number of amides is 2. The standard InChI is InChI=1S/C12H17N3O2/c1-3-15(10-7-17-8-10)12(16)14-11-6-4-5-9(2)13-11/h4-6,10H,3,7-8H2,1-2H3,(H,13,14,16). The number of anilines is 1. The fourth-order valence-electron chi connectivity index (χ4n) is 1.76. The second-order valence-electron chi connectivity index (χ2n) is 4.07. The summed E-state index contributed by atoms with van der Waals surface area (Å²) in [4.78, 5) is 18.0. The smallest absolute Gasteiger partial charge is 0.323 e. The number of aromatic nitrogens is 1. The molecule has 2 rings (SSSR count). The third kappa shape index (κ3) is 2.74. The molecule has 0 bridgehead atoms. The lowest BCUT2D eigenvalue weighted by Gasteiger charge is -2.36. The van der Waals surface area contributed by atoms with Gasteiger partial charge in [0.15, 0.2) is 0 Å². The Balaban J connectivity index is 1.99. The van der Waals surface area contributed by atoms with Gasteiger partial charge in [-0.05, 0) is 26.0 Å². The van der Waals surface area contributed by atoms with E-state index in [1.54, 1.807) is 11.0 Å². The van der Waals surface area contributed by atoms with Crippen molar-refractivity contribution < 1.29 is 9.53 Å². The van der Waals surface area contributed by atoms with Crippen molar-refractivity contribution in [2.24, 2.45) is 0 Å². The maximum absolute atomic E-state index is 12.0. The summed E-state index contributed by atoms with van der Waals surface area (Å²) >= 11 is 0. The van der Waals surface area contributed by atoms with Crippen LogP contribution in [0.25, 0.3) is 0 Å². The molecule has 0 atom stereocenters. The van der Waals surface area contributed by atoms with Crippen LogP contribution in [0.2, 0.25) is 0 Å². The highest BCUT2D eigenvalue weighted by atomic mass is 16.5. The van der Waals surface area contributed by atoms with Crippen molar-refractivity contribution in [2.75, 3.05) is 25.1 Å². The molecule has 0 unspecified atom stereocenters. The topological polar surface area (TPSA) is 54.5 Å². The van der Waals surface area contributed by atoms with Crippen molar-refractivity contribution in [3.05, 3.63) is 23.9 Å². The van der Waals surface area contributed by atoms with Crippen molar-refractivity contribution in [1.82, 2.24) is 9.88 Å². The Morgan fingerprint density at radius 3 is 2.88 bits per heavy atom.